The van der Waals surface area contributed by atoms with Crippen LogP contribution in [0.3, 0.4) is 0 Å². The van der Waals surface area contributed by atoms with E-state index in [1.165, 1.54) is 56.8 Å². The minimum absolute atomic E-state index is 0. The zero-order valence-corrected chi connectivity index (χ0v) is 80.7. The maximum absolute atomic E-state index is 14.0. The molecule has 0 fully saturated rings. The van der Waals surface area contributed by atoms with E-state index >= 15 is 0 Å². The predicted octanol–water partition coefficient (Wildman–Crippen LogP) is 14.7. The van der Waals surface area contributed by atoms with Crippen molar-refractivity contribution in [2.24, 2.45) is 0 Å². The molecule has 2 aliphatic heterocycles. The van der Waals surface area contributed by atoms with Crippen LogP contribution in [0.2, 0.25) is 0 Å². The smallest absolute Gasteiger partial charge is 0.380 e. The van der Waals surface area contributed by atoms with Crippen LogP contribution >= 0.6 is 47.0 Å². The van der Waals surface area contributed by atoms with Crippen LogP contribution in [0.15, 0.2) is 203 Å². The summed E-state index contributed by atoms with van der Waals surface area (Å²) in [5, 5.41) is 2.79. The van der Waals surface area contributed by atoms with Crippen molar-refractivity contribution in [2.45, 2.75) is 108 Å². The van der Waals surface area contributed by atoms with Gasteiger partial charge in [0.2, 0.25) is 0 Å². The van der Waals surface area contributed by atoms with Gasteiger partial charge in [-0.3, -0.25) is 24.2 Å². The maximum Gasteiger partial charge on any atom is 2.00 e. The average molecular weight is 1910 g/mol. The molecule has 0 spiro atoms. The van der Waals surface area contributed by atoms with E-state index in [9.17, 15) is 19.2 Å². The van der Waals surface area contributed by atoms with Gasteiger partial charge in [-0.25, -0.2) is 9.97 Å². The molecule has 0 atom stereocenters. The number of hydrogen-bond acceptors (Lipinski definition) is 25. The number of pyridine rings is 1. The second-order valence-electron chi connectivity index (χ2n) is 29.5. The number of quaternary nitrogens is 2. The normalized spacial score (nSPS) is 11.5. The van der Waals surface area contributed by atoms with E-state index in [-0.39, 0.29) is 28.9 Å². The van der Waals surface area contributed by atoms with E-state index in [0.717, 1.165) is 170 Å². The number of carbonyl (C=O) groups is 4. The molecule has 0 aliphatic carbocycles. The molecule has 699 valence electrons. The molecule has 1 radical (unpaired) electrons. The fourth-order valence-corrected chi connectivity index (χ4v) is 18.1. The molecule has 0 saturated heterocycles. The van der Waals surface area contributed by atoms with E-state index in [1.54, 1.807) is 46.5 Å². The molecule has 13 rings (SSSR count). The van der Waals surface area contributed by atoms with Gasteiger partial charge in [0, 0.05) is 222 Å². The van der Waals surface area contributed by atoms with Gasteiger partial charge < -0.3 is 96.9 Å². The Morgan fingerprint density at radius 1 is 0.328 bits per heavy atom. The van der Waals surface area contributed by atoms with Crippen molar-refractivity contribution in [3.63, 3.8) is 0 Å². The van der Waals surface area contributed by atoms with Gasteiger partial charge in [-0.2, -0.15) is 0 Å². The second-order valence-corrected chi connectivity index (χ2v) is 33.9. The molecule has 2 N–H and O–H groups in total. The number of nitrogens with one attached hydrogen (secondary N) is 2. The number of carbonyl (C=O) groups excluding carboxylic acids is 4. The zero-order valence-electron chi connectivity index (χ0n) is 76.5. The Morgan fingerprint density at radius 2 is 0.626 bits per heavy atom. The first-order valence-electron chi connectivity index (χ1n) is 45.0. The third kappa shape index (κ3) is 30.4. The van der Waals surface area contributed by atoms with Gasteiger partial charge in [-0.05, 0) is 171 Å². The third-order valence-corrected chi connectivity index (χ3v) is 25.2. The van der Waals surface area contributed by atoms with Crippen LogP contribution in [0, 0.1) is 0 Å². The molecule has 7 aromatic carbocycles. The molecule has 8 bridgehead atoms. The van der Waals surface area contributed by atoms with Gasteiger partial charge in [0.05, 0.1) is 89.4 Å². The fourth-order valence-electron chi connectivity index (χ4n) is 14.2. The molecule has 4 aromatic heterocycles. The number of aromatic nitrogens is 9. The minimum Gasteiger partial charge on any atom is -0.380 e. The van der Waals surface area contributed by atoms with Crippen LogP contribution in [0.4, 0.5) is 0 Å². The van der Waals surface area contributed by atoms with Crippen molar-refractivity contribution in [1.29, 1.82) is 0 Å². The average Bonchev–Trinajstić information content (AvgIpc) is 1.59. The van der Waals surface area contributed by atoms with Crippen molar-refractivity contribution < 1.29 is 93.4 Å². The minimum atomic E-state index is -0.121. The first-order chi connectivity index (χ1) is 63.8. The predicted molar refractivity (Wildman–Crippen MR) is 513 cm³/mol. The topological polar surface area (TPSA) is 294 Å². The summed E-state index contributed by atoms with van der Waals surface area (Å²) in [5.74, 6) is 1.08. The number of aldehydes is 2. The monoisotopic (exact) mass is 1910 g/mol. The van der Waals surface area contributed by atoms with Crippen LogP contribution in [-0.2, 0) is 64.4 Å². The van der Waals surface area contributed by atoms with Crippen LogP contribution in [0.1, 0.15) is 111 Å². The number of ether oxygens (including phenoxy) is 10. The summed E-state index contributed by atoms with van der Waals surface area (Å²) in [6.07, 6.45) is 5.14. The summed E-state index contributed by atoms with van der Waals surface area (Å²) in [6.45, 7) is 41.4. The Bertz CT molecular complexity index is 5480. The first kappa shape index (κ1) is 104. The molecule has 6 heterocycles. The van der Waals surface area contributed by atoms with Gasteiger partial charge in [0.15, 0.2) is 0 Å². The second kappa shape index (κ2) is 56.7. The molecule has 0 saturated carbocycles. The van der Waals surface area contributed by atoms with E-state index in [2.05, 4.69) is 0 Å². The van der Waals surface area contributed by atoms with E-state index in [1.807, 2.05) is 197 Å². The molecule has 27 nitrogen and oxygen atoms in total. The van der Waals surface area contributed by atoms with Gasteiger partial charge in [-0.15, -0.1) is 0 Å². The van der Waals surface area contributed by atoms with Gasteiger partial charge in [0.1, 0.15) is 51.8 Å². The van der Waals surface area contributed by atoms with Crippen LogP contribution in [0.25, 0.3) is 89.7 Å². The molecule has 131 heavy (non-hydrogen) atoms. The SMILES string of the molecule is CCOCCN(CCOCC)C(=O)c1ccc(Sc2cccc3c2-c2nc-3nc3[n-]c(nc4nc(nc5[n-]c(n2)c2cccc(Sc6ccc(C(=O)N(CCOCC)CCOCC)cc6)c52)-c2cncc(Sc5ccc(C=O)cc5)c2-4)c2cccc(Sc4ccc(C=O)cc4)c32)cc1.CCOCC[NH+](CCOCC)CCOCC.CCOCC[NH+](CCOCC)CCOCC.[Cu+2]. The molecule has 2 amide bonds. The fraction of sp³-hybridized carbons (Fsp3) is 0.404. The molecule has 0 unspecified atom stereocenters. The summed E-state index contributed by atoms with van der Waals surface area (Å²) < 4.78 is 54.8. The number of rotatable bonds is 52. The Hall–Kier alpha value is -9.23. The molecular weight excluding hydrogens is 1790 g/mol. The largest absolute Gasteiger partial charge is 2.00 e. The molecule has 32 heteroatoms. The van der Waals surface area contributed by atoms with Crippen molar-refractivity contribution in [2.75, 3.05) is 198 Å². The van der Waals surface area contributed by atoms with E-state index < -0.39 is 0 Å². The Balaban J connectivity index is 0.000000457. The summed E-state index contributed by atoms with van der Waals surface area (Å²) in [5.41, 5.74) is 6.21. The first-order valence-corrected chi connectivity index (χ1v) is 48.2. The Labute approximate surface area is 796 Å². The summed E-state index contributed by atoms with van der Waals surface area (Å²) in [7, 11) is 0. The number of amides is 2. The van der Waals surface area contributed by atoms with Crippen LogP contribution in [0.5, 0.6) is 0 Å². The van der Waals surface area contributed by atoms with Crippen molar-refractivity contribution in [3.05, 3.63) is 186 Å². The van der Waals surface area contributed by atoms with Crippen LogP contribution < -0.4 is 19.8 Å². The summed E-state index contributed by atoms with van der Waals surface area (Å²) in [6, 6.07) is 47.7. The zero-order chi connectivity index (χ0) is 91.6. The number of nitrogens with zero attached hydrogens (tertiary/aromatic N) is 11. The summed E-state index contributed by atoms with van der Waals surface area (Å²) >= 11 is 5.97. The number of benzene rings is 7. The third-order valence-electron chi connectivity index (χ3n) is 20.9. The molecule has 11 aromatic rings. The number of hydrogen-bond donors (Lipinski definition) is 2. The van der Waals surface area contributed by atoms with Crippen molar-refractivity contribution in [1.82, 2.24) is 54.7 Å². The van der Waals surface area contributed by atoms with E-state index in [0.29, 0.717) is 191 Å². The number of fused-ring (bicyclic) bond motifs is 20. The van der Waals surface area contributed by atoms with Crippen molar-refractivity contribution >= 4 is 116 Å². The quantitative estimate of drug-likeness (QED) is 0.0203. The Kier molecular flexibility index (Phi) is 45.0. The van der Waals surface area contributed by atoms with Crippen LogP contribution in [-0.4, -0.2) is 267 Å². The molecule has 2 aliphatic rings. The van der Waals surface area contributed by atoms with Crippen molar-refractivity contribution in [3.8, 4) is 45.6 Å². The van der Waals surface area contributed by atoms with Gasteiger partial charge in [-0.1, -0.05) is 108 Å². The molecular formula is C99H121CuN13O14S4+2. The van der Waals surface area contributed by atoms with Gasteiger partial charge in [0.25, 0.3) is 11.8 Å². The standard InChI is InChI=1S/C75H65N11O8S4.2C12H27NO3.Cu/c1-5-91-38-34-85(35-39-92-6-2)74(89)48-22-30-52(31-23-48)96-59-16-10-12-54-63(59)71-78-66(54)77-70-62-55(13-9-15-58(62)95-50-26-18-46(44-87)19-27-50)68(80-70)82-73-65-57(42-76-43-61(65)98-51-28-20-47(45-88)21-29-51)69(84-73)83-72-64-56(67(79-71)81-72)14-11-17-60(64)97-53-32-24-49(25-33-53)75(90)86(36-40-93-7-3)37-41-94-8-4;2*1-4-14-10-7-13(8-11-15-5-2)9-12-16-6-3;/h9-33,42-45H,5-8,34-41H2,1-4H3;2*4-12H2,1-3H3;/q-2;;;+2/p+2. The van der Waals surface area contributed by atoms with Gasteiger partial charge >= 0.3 is 17.1 Å². The Morgan fingerprint density at radius 3 is 0.977 bits per heavy atom. The summed E-state index contributed by atoms with van der Waals surface area (Å²) in [4.78, 5) is 113. The van der Waals surface area contributed by atoms with E-state index in [4.69, 9.17) is 92.2 Å². The maximum atomic E-state index is 14.0.